The molecule has 1 aliphatic rings. The molecule has 0 unspecified atom stereocenters. The van der Waals surface area contributed by atoms with Crippen LogP contribution in [0.5, 0.6) is 5.75 Å². The molecule has 1 fully saturated rings. The van der Waals surface area contributed by atoms with Gasteiger partial charge < -0.3 is 15.0 Å². The molecule has 0 spiro atoms. The van der Waals surface area contributed by atoms with Crippen molar-refractivity contribution in [3.8, 4) is 5.75 Å². The Morgan fingerprint density at radius 3 is 2.63 bits per heavy atom. The summed E-state index contributed by atoms with van der Waals surface area (Å²) in [7, 11) is 1.40. The Labute approximate surface area is 160 Å². The fraction of sp³-hybridized carbons (Fsp3) is 0.409. The van der Waals surface area contributed by atoms with Gasteiger partial charge in [0.25, 0.3) is 5.91 Å². The lowest BCUT2D eigenvalue weighted by Gasteiger charge is -2.33. The fourth-order valence-electron chi connectivity index (χ4n) is 3.57. The van der Waals surface area contributed by atoms with Crippen LogP contribution in [-0.2, 0) is 0 Å². The molecule has 1 aliphatic heterocycles. The van der Waals surface area contributed by atoms with Gasteiger partial charge in [0.05, 0.1) is 13.2 Å². The van der Waals surface area contributed by atoms with Gasteiger partial charge in [-0.05, 0) is 61.6 Å². The lowest BCUT2D eigenvalue weighted by atomic mass is 9.99. The molecule has 0 aromatic heterocycles. The fourth-order valence-corrected chi connectivity index (χ4v) is 3.57. The topological polar surface area (TPSA) is 41.6 Å². The Morgan fingerprint density at radius 1 is 1.26 bits per heavy atom. The third-order valence-electron chi connectivity index (χ3n) is 5.18. The van der Waals surface area contributed by atoms with Crippen molar-refractivity contribution in [2.45, 2.75) is 32.7 Å². The van der Waals surface area contributed by atoms with Crippen LogP contribution in [-0.4, -0.2) is 26.1 Å². The largest absolute Gasteiger partial charge is 0.494 e. The number of methoxy groups -OCH3 is 1. The summed E-state index contributed by atoms with van der Waals surface area (Å²) in [5.74, 6) is -0.000325. The molecule has 1 N–H and O–H groups in total. The highest BCUT2D eigenvalue weighted by molar-refractivity contribution is 5.94. The van der Waals surface area contributed by atoms with E-state index in [1.807, 2.05) is 19.1 Å². The predicted molar refractivity (Wildman–Crippen MR) is 106 cm³/mol. The minimum Gasteiger partial charge on any atom is -0.494 e. The molecule has 2 aromatic rings. The van der Waals surface area contributed by atoms with Crippen LogP contribution < -0.4 is 15.0 Å². The van der Waals surface area contributed by atoms with E-state index in [9.17, 15) is 9.18 Å². The van der Waals surface area contributed by atoms with Gasteiger partial charge in [-0.2, -0.15) is 0 Å². The van der Waals surface area contributed by atoms with Gasteiger partial charge in [-0.15, -0.1) is 0 Å². The Kier molecular flexibility index (Phi) is 5.99. The first kappa shape index (κ1) is 19.2. The van der Waals surface area contributed by atoms with Crippen LogP contribution >= 0.6 is 0 Å². The van der Waals surface area contributed by atoms with Crippen molar-refractivity contribution < 1.29 is 13.9 Å². The summed E-state index contributed by atoms with van der Waals surface area (Å²) >= 11 is 0. The number of benzene rings is 2. The number of rotatable bonds is 5. The molecule has 4 nitrogen and oxygen atoms in total. The zero-order valence-electron chi connectivity index (χ0n) is 16.2. The molecule has 5 heteroatoms. The molecule has 0 bridgehead atoms. The molecular weight excluding hydrogens is 343 g/mol. The van der Waals surface area contributed by atoms with Gasteiger partial charge >= 0.3 is 0 Å². The van der Waals surface area contributed by atoms with Crippen LogP contribution in [0, 0.1) is 11.7 Å². The second-order valence-corrected chi connectivity index (χ2v) is 7.33. The second kappa shape index (κ2) is 8.42. The number of hydrogen-bond acceptors (Lipinski definition) is 3. The first-order valence-electron chi connectivity index (χ1n) is 9.47. The quantitative estimate of drug-likeness (QED) is 0.839. The SMILES string of the molecule is COc1ccc(C(=O)N[C@H](C)c2ccc(N3CCC[C@@H](C)C3)cc2)cc1F. The molecule has 0 radical (unpaired) electrons. The zero-order valence-corrected chi connectivity index (χ0v) is 16.2. The molecule has 2 aromatic carbocycles. The zero-order chi connectivity index (χ0) is 19.4. The molecule has 144 valence electrons. The molecule has 27 heavy (non-hydrogen) atoms. The first-order valence-corrected chi connectivity index (χ1v) is 9.47. The smallest absolute Gasteiger partial charge is 0.251 e. The van der Waals surface area contributed by atoms with E-state index in [1.165, 1.54) is 37.8 Å². The highest BCUT2D eigenvalue weighted by Crippen LogP contribution is 2.25. The van der Waals surface area contributed by atoms with Crippen molar-refractivity contribution in [1.82, 2.24) is 5.32 Å². The van der Waals surface area contributed by atoms with Crippen LogP contribution in [0.3, 0.4) is 0 Å². The molecule has 1 heterocycles. The van der Waals surface area contributed by atoms with Gasteiger partial charge in [-0.3, -0.25) is 4.79 Å². The normalized spacial score (nSPS) is 18.1. The second-order valence-electron chi connectivity index (χ2n) is 7.33. The monoisotopic (exact) mass is 370 g/mol. The summed E-state index contributed by atoms with van der Waals surface area (Å²) in [6.07, 6.45) is 2.53. The summed E-state index contributed by atoms with van der Waals surface area (Å²) < 4.78 is 18.7. The maximum atomic E-state index is 13.8. The number of carbonyl (C=O) groups is 1. The van der Waals surface area contributed by atoms with E-state index in [0.717, 1.165) is 24.6 Å². The maximum absolute atomic E-state index is 13.8. The lowest BCUT2D eigenvalue weighted by Crippen LogP contribution is -2.34. The highest BCUT2D eigenvalue weighted by atomic mass is 19.1. The van der Waals surface area contributed by atoms with E-state index in [2.05, 4.69) is 29.3 Å². The Morgan fingerprint density at radius 2 is 2.00 bits per heavy atom. The van der Waals surface area contributed by atoms with Gasteiger partial charge in [0.1, 0.15) is 0 Å². The Hall–Kier alpha value is -2.56. The molecule has 0 saturated carbocycles. The molecule has 0 aliphatic carbocycles. The molecular formula is C22H27FN2O2. The highest BCUT2D eigenvalue weighted by Gasteiger charge is 2.17. The van der Waals surface area contributed by atoms with Crippen LogP contribution in [0.4, 0.5) is 10.1 Å². The van der Waals surface area contributed by atoms with Crippen molar-refractivity contribution >= 4 is 11.6 Å². The lowest BCUT2D eigenvalue weighted by molar-refractivity contribution is 0.0939. The van der Waals surface area contributed by atoms with Crippen LogP contribution in [0.1, 0.15) is 48.7 Å². The number of hydrogen-bond donors (Lipinski definition) is 1. The number of nitrogens with one attached hydrogen (secondary N) is 1. The Bertz CT molecular complexity index is 791. The molecule has 2 atom stereocenters. The predicted octanol–water partition coefficient (Wildman–Crippen LogP) is 4.56. The van der Waals surface area contributed by atoms with Gasteiger partial charge in [0.2, 0.25) is 0 Å². The summed E-state index contributed by atoms with van der Waals surface area (Å²) in [5, 5.41) is 2.92. The summed E-state index contributed by atoms with van der Waals surface area (Å²) in [5.41, 5.74) is 2.52. The molecule has 1 amide bonds. The van der Waals surface area contributed by atoms with E-state index in [4.69, 9.17) is 4.74 Å². The van der Waals surface area contributed by atoms with Gasteiger partial charge in [-0.1, -0.05) is 19.1 Å². The van der Waals surface area contributed by atoms with E-state index < -0.39 is 5.82 Å². The van der Waals surface area contributed by atoms with E-state index in [1.54, 1.807) is 6.07 Å². The summed E-state index contributed by atoms with van der Waals surface area (Å²) in [6.45, 7) is 6.41. The molecule has 1 saturated heterocycles. The number of carbonyl (C=O) groups excluding carboxylic acids is 1. The van der Waals surface area contributed by atoms with Crippen molar-refractivity contribution in [3.63, 3.8) is 0 Å². The average molecular weight is 370 g/mol. The summed E-state index contributed by atoms with van der Waals surface area (Å²) in [6, 6.07) is 12.4. The van der Waals surface area contributed by atoms with E-state index in [0.29, 0.717) is 0 Å². The van der Waals surface area contributed by atoms with Crippen LogP contribution in [0.2, 0.25) is 0 Å². The third-order valence-corrected chi connectivity index (χ3v) is 5.18. The standard InChI is InChI=1S/C22H27FN2O2/c1-15-5-4-12-25(14-15)19-9-6-17(7-10-19)16(2)24-22(26)18-8-11-21(27-3)20(23)13-18/h6-11,13,15-16H,4-5,12,14H2,1-3H3,(H,24,26)/t15-,16-/m1/s1. The average Bonchev–Trinajstić information content (AvgIpc) is 2.68. The summed E-state index contributed by atoms with van der Waals surface area (Å²) in [4.78, 5) is 14.8. The number of nitrogens with zero attached hydrogens (tertiary/aromatic N) is 1. The number of halogens is 1. The Balaban J connectivity index is 1.64. The number of ether oxygens (including phenoxy) is 1. The van der Waals surface area contributed by atoms with Gasteiger partial charge in [0, 0.05) is 24.3 Å². The maximum Gasteiger partial charge on any atom is 0.251 e. The van der Waals surface area contributed by atoms with E-state index >= 15 is 0 Å². The van der Waals surface area contributed by atoms with Crippen molar-refractivity contribution in [2.24, 2.45) is 5.92 Å². The van der Waals surface area contributed by atoms with E-state index in [-0.39, 0.29) is 23.3 Å². The minimum atomic E-state index is -0.544. The number of anilines is 1. The first-order chi connectivity index (χ1) is 13.0. The van der Waals surface area contributed by atoms with Crippen molar-refractivity contribution in [1.29, 1.82) is 0 Å². The number of piperidine rings is 1. The van der Waals surface area contributed by atoms with Crippen molar-refractivity contribution in [2.75, 3.05) is 25.1 Å². The van der Waals surface area contributed by atoms with Gasteiger partial charge in [-0.25, -0.2) is 4.39 Å². The van der Waals surface area contributed by atoms with Gasteiger partial charge in [0.15, 0.2) is 11.6 Å². The number of amides is 1. The third kappa shape index (κ3) is 4.59. The molecule has 3 rings (SSSR count). The van der Waals surface area contributed by atoms with Crippen molar-refractivity contribution in [3.05, 3.63) is 59.4 Å². The van der Waals surface area contributed by atoms with Crippen LogP contribution in [0.25, 0.3) is 0 Å². The minimum absolute atomic E-state index is 0.127. The van der Waals surface area contributed by atoms with Crippen LogP contribution in [0.15, 0.2) is 42.5 Å².